The van der Waals surface area contributed by atoms with Crippen molar-refractivity contribution in [1.29, 1.82) is 0 Å². The number of aryl methyl sites for hydroxylation is 2. The minimum atomic E-state index is -0.477. The highest BCUT2D eigenvalue weighted by Gasteiger charge is 2.14. The van der Waals surface area contributed by atoms with Crippen LogP contribution in [0.4, 0.5) is 0 Å². The van der Waals surface area contributed by atoms with Crippen molar-refractivity contribution < 1.29 is 57.6 Å². The van der Waals surface area contributed by atoms with Crippen molar-refractivity contribution in [3.05, 3.63) is 108 Å². The summed E-state index contributed by atoms with van der Waals surface area (Å²) in [7, 11) is 0. The predicted octanol–water partition coefficient (Wildman–Crippen LogP) is 5.83. The van der Waals surface area contributed by atoms with Crippen LogP contribution in [-0.2, 0) is 51.1 Å². The molecule has 0 amide bonds. The number of aromatic hydroxyl groups is 2. The average Bonchev–Trinajstić information content (AvgIpc) is 3.27. The Balaban J connectivity index is 0.779. The largest absolute Gasteiger partial charge is 0.502 e. The van der Waals surface area contributed by atoms with Crippen LogP contribution in [-0.4, -0.2) is 123 Å². The molecule has 0 saturated heterocycles. The van der Waals surface area contributed by atoms with E-state index in [4.69, 9.17) is 47.4 Å². The minimum Gasteiger partial charge on any atom is -0.502 e. The second kappa shape index (κ2) is 26.7. The van der Waals surface area contributed by atoms with Crippen LogP contribution in [0.5, 0.6) is 23.0 Å². The maximum absolute atomic E-state index is 10.3. The molecule has 0 unspecified atom stereocenters. The Morgan fingerprint density at radius 3 is 1.00 bits per heavy atom. The van der Waals surface area contributed by atoms with Crippen molar-refractivity contribution in [2.45, 2.75) is 27.1 Å². The molecule has 4 aromatic heterocycles. The summed E-state index contributed by atoms with van der Waals surface area (Å²) in [4.78, 5) is 17.7. The molecule has 0 radical (unpaired) electrons. The molecule has 4 heterocycles. The summed E-state index contributed by atoms with van der Waals surface area (Å²) in [6.45, 7) is 9.13. The number of hydrogen-bond acceptors (Lipinski definition) is 16. The molecule has 0 bridgehead atoms. The predicted molar refractivity (Wildman–Crippen MR) is 220 cm³/mol. The zero-order valence-electron chi connectivity index (χ0n) is 34.2. The van der Waals surface area contributed by atoms with Crippen LogP contribution in [0.15, 0.2) is 85.5 Å². The summed E-state index contributed by atoms with van der Waals surface area (Å²) in [6, 6.07) is 18.7. The summed E-state index contributed by atoms with van der Waals surface area (Å²) in [5, 5.41) is 20.6. The van der Waals surface area contributed by atoms with Crippen molar-refractivity contribution >= 4 is 0 Å². The fourth-order valence-electron chi connectivity index (χ4n) is 5.16. The molecule has 16 nitrogen and oxygen atoms in total. The number of phenols is 2. The number of benzene rings is 1. The normalized spacial score (nSPS) is 11.2. The highest BCUT2D eigenvalue weighted by atomic mass is 16.7. The Kier molecular flexibility index (Phi) is 20.4. The van der Waals surface area contributed by atoms with E-state index in [9.17, 15) is 10.2 Å². The van der Waals surface area contributed by atoms with Gasteiger partial charge in [0.05, 0.1) is 115 Å². The second-order valence-corrected chi connectivity index (χ2v) is 13.2. The molecule has 0 aliphatic heterocycles. The van der Waals surface area contributed by atoms with E-state index in [2.05, 4.69) is 19.9 Å². The molecule has 0 fully saturated rings. The molecule has 0 aliphatic carbocycles. The minimum absolute atomic E-state index is 0.0337. The number of ether oxygens (including phenoxy) is 10. The average molecular weight is 831 g/mol. The van der Waals surface area contributed by atoms with Crippen LogP contribution < -0.4 is 9.47 Å². The summed E-state index contributed by atoms with van der Waals surface area (Å²) in [5.41, 5.74) is 7.47. The van der Waals surface area contributed by atoms with Crippen molar-refractivity contribution in [2.75, 3.05) is 92.9 Å². The van der Waals surface area contributed by atoms with E-state index in [1.54, 1.807) is 12.4 Å². The van der Waals surface area contributed by atoms with Crippen LogP contribution >= 0.6 is 0 Å². The van der Waals surface area contributed by atoms with E-state index in [0.29, 0.717) is 79.3 Å². The molecule has 5 aromatic rings. The Hall–Kier alpha value is -5.30. The molecule has 0 atom stereocenters. The van der Waals surface area contributed by atoms with Gasteiger partial charge >= 0.3 is 0 Å². The maximum Gasteiger partial charge on any atom is 0.204 e. The van der Waals surface area contributed by atoms with Gasteiger partial charge in [0.25, 0.3) is 0 Å². The fraction of sp³-hybridized carbons (Fsp3) is 0.409. The van der Waals surface area contributed by atoms with Gasteiger partial charge in [0.1, 0.15) is 0 Å². The van der Waals surface area contributed by atoms with Crippen LogP contribution in [0.25, 0.3) is 22.8 Å². The Bertz CT molecular complexity index is 1780. The number of phenolic OH excluding ortho intramolecular Hbond substituents is 2. The smallest absolute Gasteiger partial charge is 0.204 e. The lowest BCUT2D eigenvalue weighted by Crippen LogP contribution is -2.13. The number of pyridine rings is 4. The van der Waals surface area contributed by atoms with Crippen molar-refractivity contribution in [3.8, 4) is 45.8 Å². The summed E-state index contributed by atoms with van der Waals surface area (Å²) < 4.78 is 55.0. The number of rotatable bonds is 30. The summed E-state index contributed by atoms with van der Waals surface area (Å²) in [6.07, 6.45) is 7.23. The van der Waals surface area contributed by atoms with Gasteiger partial charge in [0, 0.05) is 24.8 Å². The molecule has 16 heteroatoms. The van der Waals surface area contributed by atoms with Gasteiger partial charge in [0.15, 0.2) is 25.1 Å². The molecular weight excluding hydrogens is 776 g/mol. The molecule has 2 N–H and O–H groups in total. The Labute approximate surface area is 350 Å². The molecule has 1 aromatic carbocycles. The van der Waals surface area contributed by atoms with Gasteiger partial charge in [-0.2, -0.15) is 0 Å². The van der Waals surface area contributed by atoms with Gasteiger partial charge < -0.3 is 57.6 Å². The van der Waals surface area contributed by atoms with Crippen LogP contribution in [0.1, 0.15) is 22.3 Å². The molecular formula is C44H54N4O12. The van der Waals surface area contributed by atoms with Gasteiger partial charge in [-0.05, 0) is 72.5 Å². The lowest BCUT2D eigenvalue weighted by molar-refractivity contribution is -0.0331. The number of hydrogen-bond donors (Lipinski definition) is 2. The van der Waals surface area contributed by atoms with Crippen LogP contribution in [0.2, 0.25) is 0 Å². The third-order valence-corrected chi connectivity index (χ3v) is 8.44. The number of nitrogens with zero attached hydrogens (tertiary/aromatic N) is 4. The molecule has 0 saturated carbocycles. The highest BCUT2D eigenvalue weighted by molar-refractivity contribution is 5.57. The lowest BCUT2D eigenvalue weighted by Gasteiger charge is -2.13. The SMILES string of the molecule is Cc1ccc(-c2ccc(COCCOCCOCCOCOc3ccc(OCOCCOCCOCCOCc4ccc(-c5ccc(C)cn5)nc4)c(O)c3O)cn2)nc1. The monoisotopic (exact) mass is 830 g/mol. The van der Waals surface area contributed by atoms with E-state index in [0.717, 1.165) is 45.0 Å². The van der Waals surface area contributed by atoms with Gasteiger partial charge in [-0.1, -0.05) is 24.3 Å². The molecule has 0 aliphatic rings. The van der Waals surface area contributed by atoms with Gasteiger partial charge in [0.2, 0.25) is 11.5 Å². The van der Waals surface area contributed by atoms with Crippen molar-refractivity contribution in [1.82, 2.24) is 19.9 Å². The van der Waals surface area contributed by atoms with Crippen molar-refractivity contribution in [2.24, 2.45) is 0 Å². The van der Waals surface area contributed by atoms with E-state index in [1.165, 1.54) is 12.1 Å². The number of aromatic nitrogens is 4. The first-order valence-electron chi connectivity index (χ1n) is 19.6. The van der Waals surface area contributed by atoms with Gasteiger partial charge in [-0.25, -0.2) is 0 Å². The zero-order valence-corrected chi connectivity index (χ0v) is 34.2. The molecule has 0 spiro atoms. The van der Waals surface area contributed by atoms with Gasteiger partial charge in [-0.15, -0.1) is 0 Å². The Morgan fingerprint density at radius 2 is 0.683 bits per heavy atom. The van der Waals surface area contributed by atoms with E-state index >= 15 is 0 Å². The third kappa shape index (κ3) is 16.8. The quantitative estimate of drug-likeness (QED) is 0.0320. The first-order valence-corrected chi connectivity index (χ1v) is 19.6. The van der Waals surface area contributed by atoms with Crippen LogP contribution in [0, 0.1) is 13.8 Å². The zero-order chi connectivity index (χ0) is 42.0. The van der Waals surface area contributed by atoms with E-state index in [-0.39, 0.29) is 38.3 Å². The highest BCUT2D eigenvalue weighted by Crippen LogP contribution is 2.42. The maximum atomic E-state index is 10.3. The standard InChI is InChI=1S/C44H54N4O12/c1-33-3-7-37(45-25-33)39-9-5-35(27-47-39)29-55-21-17-51-13-15-53-19-23-57-31-59-41-11-12-42(44(50)43(41)49)60-32-58-24-20-54-16-14-52-18-22-56-30-36-6-10-40(48-28-36)38-8-4-34(2)26-46-38/h3-12,25-28,49-50H,13-24,29-32H2,1-2H3. The lowest BCUT2D eigenvalue weighted by atomic mass is 10.2. The topological polar surface area (TPSA) is 184 Å². The summed E-state index contributed by atoms with van der Waals surface area (Å²) >= 11 is 0. The van der Waals surface area contributed by atoms with E-state index in [1.807, 2.05) is 74.8 Å². The van der Waals surface area contributed by atoms with Crippen molar-refractivity contribution in [3.63, 3.8) is 0 Å². The van der Waals surface area contributed by atoms with Crippen LogP contribution in [0.3, 0.4) is 0 Å². The first kappa shape index (κ1) is 45.8. The molecule has 60 heavy (non-hydrogen) atoms. The fourth-order valence-corrected chi connectivity index (χ4v) is 5.16. The first-order chi connectivity index (χ1) is 29.5. The molecule has 5 rings (SSSR count). The second-order valence-electron chi connectivity index (χ2n) is 13.2. The summed E-state index contributed by atoms with van der Waals surface area (Å²) in [5.74, 6) is -0.887. The van der Waals surface area contributed by atoms with Gasteiger partial charge in [-0.3, -0.25) is 19.9 Å². The molecule has 322 valence electrons. The third-order valence-electron chi connectivity index (χ3n) is 8.44. The Morgan fingerprint density at radius 1 is 0.367 bits per heavy atom. The van der Waals surface area contributed by atoms with E-state index < -0.39 is 11.5 Å².